The Balaban J connectivity index is 2.87. The van der Waals surface area contributed by atoms with Crippen molar-refractivity contribution in [1.29, 1.82) is 0 Å². The van der Waals surface area contributed by atoms with E-state index in [0.29, 0.717) is 10.6 Å². The summed E-state index contributed by atoms with van der Waals surface area (Å²) in [4.78, 5) is 0.307. The molecule has 0 aromatic heterocycles. The Labute approximate surface area is 109 Å². The Kier molecular flexibility index (Phi) is 4.76. The molecule has 0 fully saturated rings. The Bertz CT molecular complexity index is 481. The van der Waals surface area contributed by atoms with Gasteiger partial charge in [-0.05, 0) is 44.7 Å². The number of benzene rings is 1. The molecular formula is C13H21NO3S. The van der Waals surface area contributed by atoms with Crippen molar-refractivity contribution in [3.63, 3.8) is 0 Å². The Morgan fingerprint density at radius 2 is 1.83 bits per heavy atom. The molecule has 1 rings (SSSR count). The Morgan fingerprint density at radius 3 is 2.22 bits per heavy atom. The predicted octanol–water partition coefficient (Wildman–Crippen LogP) is 1.86. The molecule has 0 aliphatic rings. The molecule has 1 unspecified atom stereocenters. The quantitative estimate of drug-likeness (QED) is 0.858. The van der Waals surface area contributed by atoms with Gasteiger partial charge in [0.05, 0.1) is 4.90 Å². The van der Waals surface area contributed by atoms with Crippen molar-refractivity contribution < 1.29 is 13.2 Å². The summed E-state index contributed by atoms with van der Waals surface area (Å²) < 4.78 is 28.6. The van der Waals surface area contributed by atoms with Crippen LogP contribution in [0.4, 0.5) is 0 Å². The highest BCUT2D eigenvalue weighted by Gasteiger charge is 2.23. The molecule has 0 saturated heterocycles. The summed E-state index contributed by atoms with van der Waals surface area (Å²) in [5.74, 6) is 0.682. The third-order valence-corrected chi connectivity index (χ3v) is 4.04. The van der Waals surface area contributed by atoms with Gasteiger partial charge in [-0.1, -0.05) is 6.92 Å². The first kappa shape index (κ1) is 15.0. The van der Waals surface area contributed by atoms with Gasteiger partial charge < -0.3 is 10.1 Å². The molecule has 0 amide bonds. The average molecular weight is 271 g/mol. The minimum Gasteiger partial charge on any atom is -0.486 e. The number of likely N-dealkylation sites (N-methyl/N-ethyl adjacent to an activating group) is 1. The van der Waals surface area contributed by atoms with Gasteiger partial charge in [0.2, 0.25) is 0 Å². The summed E-state index contributed by atoms with van der Waals surface area (Å²) in [6.45, 7) is 4.81. The predicted molar refractivity (Wildman–Crippen MR) is 72.8 cm³/mol. The number of nitrogens with one attached hydrogen (secondary N) is 1. The maximum atomic E-state index is 11.3. The first-order chi connectivity index (χ1) is 8.30. The normalized spacial score (nSPS) is 15.1. The van der Waals surface area contributed by atoms with E-state index in [1.807, 2.05) is 14.0 Å². The molecule has 1 N–H and O–H groups in total. The zero-order valence-corrected chi connectivity index (χ0v) is 12.2. The van der Waals surface area contributed by atoms with Crippen LogP contribution in [-0.4, -0.2) is 33.9 Å². The molecule has 0 aliphatic heterocycles. The number of hydrogen-bond acceptors (Lipinski definition) is 4. The standard InChI is InChI=1S/C13H21NO3S/c1-5-13(2,10-14-3)17-11-6-8-12(9-7-11)18(4,15)16/h6-9,14H,5,10H2,1-4H3. The molecule has 1 aromatic carbocycles. The van der Waals surface area contributed by atoms with Gasteiger partial charge in [-0.15, -0.1) is 0 Å². The van der Waals surface area contributed by atoms with Gasteiger partial charge in [0.25, 0.3) is 0 Å². The molecule has 1 aromatic rings. The van der Waals surface area contributed by atoms with Gasteiger partial charge in [-0.3, -0.25) is 0 Å². The minimum absolute atomic E-state index is 0.290. The van der Waals surface area contributed by atoms with Gasteiger partial charge >= 0.3 is 0 Å². The van der Waals surface area contributed by atoms with Crippen LogP contribution in [0.15, 0.2) is 29.2 Å². The molecule has 5 heteroatoms. The van der Waals surface area contributed by atoms with Gasteiger partial charge in [0, 0.05) is 12.8 Å². The molecule has 18 heavy (non-hydrogen) atoms. The third-order valence-electron chi connectivity index (χ3n) is 2.91. The van der Waals surface area contributed by atoms with Crippen LogP contribution in [0.25, 0.3) is 0 Å². The van der Waals surface area contributed by atoms with Crippen molar-refractivity contribution in [3.05, 3.63) is 24.3 Å². The largest absolute Gasteiger partial charge is 0.486 e. The summed E-state index contributed by atoms with van der Waals surface area (Å²) in [5, 5.41) is 3.09. The summed E-state index contributed by atoms with van der Waals surface area (Å²) in [6, 6.07) is 6.53. The topological polar surface area (TPSA) is 55.4 Å². The molecule has 4 nitrogen and oxygen atoms in total. The highest BCUT2D eigenvalue weighted by molar-refractivity contribution is 7.90. The van der Waals surface area contributed by atoms with Crippen molar-refractivity contribution in [3.8, 4) is 5.75 Å². The number of ether oxygens (including phenoxy) is 1. The van der Waals surface area contributed by atoms with Gasteiger partial charge in [-0.25, -0.2) is 8.42 Å². The lowest BCUT2D eigenvalue weighted by Crippen LogP contribution is -2.41. The van der Waals surface area contributed by atoms with Crippen LogP contribution in [0.2, 0.25) is 0 Å². The zero-order valence-electron chi connectivity index (χ0n) is 11.4. The molecule has 102 valence electrons. The van der Waals surface area contributed by atoms with Gasteiger partial charge in [0.15, 0.2) is 9.84 Å². The first-order valence-corrected chi connectivity index (χ1v) is 7.83. The SMILES string of the molecule is CCC(C)(CNC)Oc1ccc(S(C)(=O)=O)cc1. The second-order valence-electron chi connectivity index (χ2n) is 4.68. The van der Waals surface area contributed by atoms with E-state index < -0.39 is 9.84 Å². The van der Waals surface area contributed by atoms with Crippen LogP contribution in [0.3, 0.4) is 0 Å². The van der Waals surface area contributed by atoms with E-state index in [0.717, 1.165) is 13.0 Å². The molecule has 1 atom stereocenters. The van der Waals surface area contributed by atoms with Gasteiger partial charge in [-0.2, -0.15) is 0 Å². The molecule has 0 aliphatic carbocycles. The maximum Gasteiger partial charge on any atom is 0.175 e. The van der Waals surface area contributed by atoms with Crippen molar-refractivity contribution in [2.75, 3.05) is 19.8 Å². The highest BCUT2D eigenvalue weighted by Crippen LogP contribution is 2.22. The fraction of sp³-hybridized carbons (Fsp3) is 0.538. The maximum absolute atomic E-state index is 11.3. The van der Waals surface area contributed by atoms with E-state index in [-0.39, 0.29) is 5.60 Å². The van der Waals surface area contributed by atoms with E-state index >= 15 is 0 Å². The molecule has 0 bridgehead atoms. The number of hydrogen-bond donors (Lipinski definition) is 1. The second kappa shape index (κ2) is 5.71. The van der Waals surface area contributed by atoms with Crippen molar-refractivity contribution >= 4 is 9.84 Å². The summed E-state index contributed by atoms with van der Waals surface area (Å²) >= 11 is 0. The lowest BCUT2D eigenvalue weighted by atomic mass is 10.0. The van der Waals surface area contributed by atoms with E-state index in [2.05, 4.69) is 12.2 Å². The van der Waals surface area contributed by atoms with Crippen LogP contribution < -0.4 is 10.1 Å². The molecule has 0 spiro atoms. The molecule has 0 saturated carbocycles. The van der Waals surface area contributed by atoms with E-state index in [9.17, 15) is 8.42 Å². The summed E-state index contributed by atoms with van der Waals surface area (Å²) in [5.41, 5.74) is -0.290. The minimum atomic E-state index is -3.15. The fourth-order valence-corrected chi connectivity index (χ4v) is 2.28. The number of rotatable bonds is 6. The zero-order chi connectivity index (χ0) is 13.8. The van der Waals surface area contributed by atoms with Crippen LogP contribution in [0.1, 0.15) is 20.3 Å². The van der Waals surface area contributed by atoms with Crippen LogP contribution in [0, 0.1) is 0 Å². The summed E-state index contributed by atoms with van der Waals surface area (Å²) in [6.07, 6.45) is 2.06. The van der Waals surface area contributed by atoms with E-state index in [1.54, 1.807) is 24.3 Å². The number of sulfone groups is 1. The van der Waals surface area contributed by atoms with Crippen LogP contribution in [-0.2, 0) is 9.84 Å². The highest BCUT2D eigenvalue weighted by atomic mass is 32.2. The fourth-order valence-electron chi connectivity index (χ4n) is 1.65. The van der Waals surface area contributed by atoms with Gasteiger partial charge in [0.1, 0.15) is 11.4 Å². The van der Waals surface area contributed by atoms with Crippen LogP contribution >= 0.6 is 0 Å². The third kappa shape index (κ3) is 3.99. The summed E-state index contributed by atoms with van der Waals surface area (Å²) in [7, 11) is -1.27. The second-order valence-corrected chi connectivity index (χ2v) is 6.70. The lowest BCUT2D eigenvalue weighted by molar-refractivity contribution is 0.0857. The Hall–Kier alpha value is -1.07. The average Bonchev–Trinajstić information content (AvgIpc) is 2.29. The smallest absolute Gasteiger partial charge is 0.175 e. The molecular weight excluding hydrogens is 250 g/mol. The van der Waals surface area contributed by atoms with E-state index in [4.69, 9.17) is 4.74 Å². The molecule has 0 radical (unpaired) electrons. The van der Waals surface area contributed by atoms with Crippen molar-refractivity contribution in [2.24, 2.45) is 0 Å². The van der Waals surface area contributed by atoms with Crippen molar-refractivity contribution in [1.82, 2.24) is 5.32 Å². The van der Waals surface area contributed by atoms with Crippen LogP contribution in [0.5, 0.6) is 5.75 Å². The molecule has 0 heterocycles. The van der Waals surface area contributed by atoms with E-state index in [1.165, 1.54) is 6.26 Å². The lowest BCUT2D eigenvalue weighted by Gasteiger charge is -2.29. The monoisotopic (exact) mass is 271 g/mol. The van der Waals surface area contributed by atoms with Crippen molar-refractivity contribution in [2.45, 2.75) is 30.8 Å². The first-order valence-electron chi connectivity index (χ1n) is 5.94. The Morgan fingerprint density at radius 1 is 1.28 bits per heavy atom.